The van der Waals surface area contributed by atoms with Gasteiger partial charge in [-0.2, -0.15) is 0 Å². The predicted octanol–water partition coefficient (Wildman–Crippen LogP) is 2.01. The van der Waals surface area contributed by atoms with Gasteiger partial charge in [0.1, 0.15) is 0 Å². The number of nitrogen functional groups attached to an aromatic ring is 1. The van der Waals surface area contributed by atoms with Crippen molar-refractivity contribution in [2.45, 2.75) is 13.0 Å². The number of aromatic carboxylic acids is 1. The number of nitrogens with zero attached hydrogens (tertiary/aromatic N) is 2. The van der Waals surface area contributed by atoms with Gasteiger partial charge < -0.3 is 20.6 Å². The molecule has 0 aromatic heterocycles. The van der Waals surface area contributed by atoms with Gasteiger partial charge in [-0.15, -0.1) is 0 Å². The predicted molar refractivity (Wildman–Crippen MR) is 81.7 cm³/mol. The minimum absolute atomic E-state index is 0.168. The molecule has 2 rings (SSSR count). The fraction of sp³-hybridized carbons (Fsp3) is 0.500. The van der Waals surface area contributed by atoms with Crippen molar-refractivity contribution in [2.24, 2.45) is 5.92 Å². The molecule has 1 fully saturated rings. The molecular weight excluding hydrogens is 278 g/mol. The summed E-state index contributed by atoms with van der Waals surface area (Å²) in [5, 5.41) is 9.76. The quantitative estimate of drug-likeness (QED) is 0.835. The Kier molecular flexibility index (Phi) is 4.11. The number of carboxylic acids is 1. The van der Waals surface area contributed by atoms with Crippen LogP contribution in [-0.2, 0) is 0 Å². The highest BCUT2D eigenvalue weighted by Gasteiger charge is 2.33. The summed E-state index contributed by atoms with van der Waals surface area (Å²) in [5.74, 6) is -0.560. The Morgan fingerprint density at radius 3 is 2.60 bits per heavy atom. The average molecular weight is 298 g/mol. The van der Waals surface area contributed by atoms with Crippen LogP contribution in [0.5, 0.6) is 0 Å². The summed E-state index contributed by atoms with van der Waals surface area (Å²) in [6, 6.07) is 3.46. The summed E-state index contributed by atoms with van der Waals surface area (Å²) in [6.07, 6.45) is 0. The molecule has 0 saturated carbocycles. The zero-order valence-corrected chi connectivity index (χ0v) is 12.7. The first-order chi connectivity index (χ1) is 9.31. The van der Waals surface area contributed by atoms with Crippen LogP contribution in [0.3, 0.4) is 0 Å². The molecule has 110 valence electrons. The molecule has 0 bridgehead atoms. The lowest BCUT2D eigenvalue weighted by Crippen LogP contribution is -2.34. The first-order valence-corrected chi connectivity index (χ1v) is 6.92. The first kappa shape index (κ1) is 14.9. The van der Waals surface area contributed by atoms with E-state index in [0.29, 0.717) is 28.4 Å². The summed E-state index contributed by atoms with van der Waals surface area (Å²) >= 11 is 6.24. The summed E-state index contributed by atoms with van der Waals surface area (Å²) in [7, 11) is 4.07. The Morgan fingerprint density at radius 2 is 2.10 bits per heavy atom. The second kappa shape index (κ2) is 5.50. The largest absolute Gasteiger partial charge is 0.478 e. The summed E-state index contributed by atoms with van der Waals surface area (Å²) in [6.45, 7) is 3.71. The molecule has 0 amide bonds. The molecule has 5 nitrogen and oxygen atoms in total. The molecule has 0 radical (unpaired) electrons. The van der Waals surface area contributed by atoms with Crippen molar-refractivity contribution in [1.82, 2.24) is 4.90 Å². The van der Waals surface area contributed by atoms with Crippen LogP contribution in [0.4, 0.5) is 11.4 Å². The van der Waals surface area contributed by atoms with Crippen LogP contribution in [0.15, 0.2) is 12.1 Å². The molecule has 1 aromatic rings. The van der Waals surface area contributed by atoms with Gasteiger partial charge in [0.05, 0.1) is 16.3 Å². The average Bonchev–Trinajstić information content (AvgIpc) is 2.69. The number of nitrogens with two attached hydrogens (primary N) is 1. The Hall–Kier alpha value is -1.46. The number of benzene rings is 1. The number of carbonyl (C=O) groups is 1. The molecule has 1 heterocycles. The van der Waals surface area contributed by atoms with E-state index in [9.17, 15) is 9.90 Å². The molecule has 1 aliphatic heterocycles. The van der Waals surface area contributed by atoms with Crippen LogP contribution < -0.4 is 10.6 Å². The second-order valence-corrected chi connectivity index (χ2v) is 6.02. The van der Waals surface area contributed by atoms with Crippen molar-refractivity contribution in [2.75, 3.05) is 37.8 Å². The third kappa shape index (κ3) is 2.69. The van der Waals surface area contributed by atoms with Gasteiger partial charge in [-0.1, -0.05) is 18.5 Å². The summed E-state index contributed by atoms with van der Waals surface area (Å²) in [4.78, 5) is 15.6. The third-order valence-corrected chi connectivity index (χ3v) is 4.16. The SMILES string of the molecule is CC1CN(c2c(Cl)cc(N)cc2C(=O)O)CC1N(C)C. The van der Waals surface area contributed by atoms with Crippen LogP contribution in [-0.4, -0.2) is 49.2 Å². The number of anilines is 2. The molecule has 1 aromatic carbocycles. The highest BCUT2D eigenvalue weighted by atomic mass is 35.5. The van der Waals surface area contributed by atoms with Gasteiger partial charge >= 0.3 is 5.97 Å². The van der Waals surface area contributed by atoms with Gasteiger partial charge in [0.2, 0.25) is 0 Å². The van der Waals surface area contributed by atoms with E-state index in [1.807, 2.05) is 19.0 Å². The Balaban J connectivity index is 2.41. The van der Waals surface area contributed by atoms with E-state index in [1.54, 1.807) is 6.07 Å². The fourth-order valence-corrected chi connectivity index (χ4v) is 3.26. The number of rotatable bonds is 3. The zero-order chi connectivity index (χ0) is 15.0. The topological polar surface area (TPSA) is 69.8 Å². The van der Waals surface area contributed by atoms with E-state index in [1.165, 1.54) is 6.07 Å². The third-order valence-electron chi connectivity index (χ3n) is 3.87. The Morgan fingerprint density at radius 1 is 1.45 bits per heavy atom. The molecule has 1 saturated heterocycles. The number of likely N-dealkylation sites (N-methyl/N-ethyl adjacent to an activating group) is 1. The van der Waals surface area contributed by atoms with E-state index in [-0.39, 0.29) is 5.56 Å². The summed E-state index contributed by atoms with van der Waals surface area (Å²) < 4.78 is 0. The molecule has 0 aliphatic carbocycles. The van der Waals surface area contributed by atoms with Crippen molar-refractivity contribution in [3.05, 3.63) is 22.7 Å². The van der Waals surface area contributed by atoms with Crippen LogP contribution >= 0.6 is 11.6 Å². The highest BCUT2D eigenvalue weighted by Crippen LogP contribution is 2.36. The van der Waals surface area contributed by atoms with Gasteiger partial charge in [-0.3, -0.25) is 0 Å². The van der Waals surface area contributed by atoms with Crippen molar-refractivity contribution in [3.63, 3.8) is 0 Å². The van der Waals surface area contributed by atoms with Gasteiger partial charge in [0, 0.05) is 24.8 Å². The molecule has 3 N–H and O–H groups in total. The lowest BCUT2D eigenvalue weighted by molar-refractivity contribution is 0.0697. The highest BCUT2D eigenvalue weighted by molar-refractivity contribution is 6.34. The molecule has 2 atom stereocenters. The smallest absolute Gasteiger partial charge is 0.337 e. The standard InChI is InChI=1S/C14H20ClN3O2/c1-8-6-18(7-12(8)17(2)3)13-10(14(19)20)4-9(16)5-11(13)15/h4-5,8,12H,6-7,16H2,1-3H3,(H,19,20). The van der Waals surface area contributed by atoms with Crippen molar-refractivity contribution in [1.29, 1.82) is 0 Å². The molecule has 2 unspecified atom stereocenters. The minimum Gasteiger partial charge on any atom is -0.478 e. The van der Waals surface area contributed by atoms with E-state index < -0.39 is 5.97 Å². The fourth-order valence-electron chi connectivity index (χ4n) is 2.91. The zero-order valence-electron chi connectivity index (χ0n) is 11.9. The van der Waals surface area contributed by atoms with E-state index in [4.69, 9.17) is 17.3 Å². The van der Waals surface area contributed by atoms with Crippen molar-refractivity contribution >= 4 is 28.9 Å². The van der Waals surface area contributed by atoms with Crippen molar-refractivity contribution in [3.8, 4) is 0 Å². The van der Waals surface area contributed by atoms with Crippen molar-refractivity contribution < 1.29 is 9.90 Å². The summed E-state index contributed by atoms with van der Waals surface area (Å²) in [5.41, 5.74) is 6.80. The Labute approximate surface area is 123 Å². The molecule has 0 spiro atoms. The normalized spacial score (nSPS) is 22.6. The molecule has 20 heavy (non-hydrogen) atoms. The van der Waals surface area contributed by atoms with Crippen LogP contribution in [0.2, 0.25) is 5.02 Å². The Bertz CT molecular complexity index is 533. The molecule has 6 heteroatoms. The number of halogens is 1. The molecule has 1 aliphatic rings. The second-order valence-electron chi connectivity index (χ2n) is 5.62. The van der Waals surface area contributed by atoms with E-state index in [0.717, 1.165) is 13.1 Å². The molecular formula is C14H20ClN3O2. The number of hydrogen-bond acceptors (Lipinski definition) is 4. The first-order valence-electron chi connectivity index (χ1n) is 6.55. The number of hydrogen-bond donors (Lipinski definition) is 2. The maximum absolute atomic E-state index is 11.4. The minimum atomic E-state index is -1.00. The van der Waals surface area contributed by atoms with Crippen LogP contribution in [0, 0.1) is 5.92 Å². The van der Waals surface area contributed by atoms with E-state index in [2.05, 4.69) is 11.8 Å². The maximum atomic E-state index is 11.4. The van der Waals surface area contributed by atoms with E-state index >= 15 is 0 Å². The van der Waals surface area contributed by atoms with Crippen LogP contribution in [0.25, 0.3) is 0 Å². The van der Waals surface area contributed by atoms with Gasteiger partial charge in [0.15, 0.2) is 0 Å². The van der Waals surface area contributed by atoms with Gasteiger partial charge in [-0.25, -0.2) is 4.79 Å². The lowest BCUT2D eigenvalue weighted by atomic mass is 10.1. The van der Waals surface area contributed by atoms with Gasteiger partial charge in [0.25, 0.3) is 0 Å². The number of carboxylic acid groups (broad SMARTS) is 1. The van der Waals surface area contributed by atoms with Crippen LogP contribution in [0.1, 0.15) is 17.3 Å². The maximum Gasteiger partial charge on any atom is 0.337 e. The monoisotopic (exact) mass is 297 g/mol. The lowest BCUT2D eigenvalue weighted by Gasteiger charge is -2.24. The van der Waals surface area contributed by atoms with Gasteiger partial charge in [-0.05, 0) is 32.1 Å².